The summed E-state index contributed by atoms with van der Waals surface area (Å²) in [6, 6.07) is 1.74. The van der Waals surface area contributed by atoms with Crippen LogP contribution in [-0.2, 0) is 11.2 Å². The van der Waals surface area contributed by atoms with Crippen molar-refractivity contribution in [3.8, 4) is 0 Å². The minimum Gasteiger partial charge on any atom is -0.469 e. The van der Waals surface area contributed by atoms with Crippen molar-refractivity contribution in [3.05, 3.63) is 23.7 Å². The Morgan fingerprint density at radius 2 is 2.25 bits per heavy atom. The number of nitrogens with one attached hydrogen (secondary N) is 1. The van der Waals surface area contributed by atoms with Gasteiger partial charge >= 0.3 is 0 Å². The summed E-state index contributed by atoms with van der Waals surface area (Å²) in [5.74, 6) is 1.18. The summed E-state index contributed by atoms with van der Waals surface area (Å²) in [7, 11) is 0. The molecule has 1 atom stereocenters. The van der Waals surface area contributed by atoms with Crippen LogP contribution in [0.3, 0.4) is 0 Å². The second-order valence-electron chi connectivity index (χ2n) is 4.47. The van der Waals surface area contributed by atoms with Crippen LogP contribution < -0.4 is 5.32 Å². The van der Waals surface area contributed by atoms with Gasteiger partial charge in [0.1, 0.15) is 11.8 Å². The van der Waals surface area contributed by atoms with E-state index in [4.69, 9.17) is 4.42 Å². The fourth-order valence-electron chi connectivity index (χ4n) is 2.59. The maximum Gasteiger partial charge on any atom is 0.244 e. The smallest absolute Gasteiger partial charge is 0.244 e. The highest BCUT2D eigenvalue weighted by Crippen LogP contribution is 2.26. The average Bonchev–Trinajstić information content (AvgIpc) is 2.98. The molecule has 0 spiro atoms. The number of likely N-dealkylation sites (tertiary alicyclic amines) is 1. The van der Waals surface area contributed by atoms with Gasteiger partial charge in [-0.15, -0.1) is 0 Å². The first-order valence-electron chi connectivity index (χ1n) is 5.95. The molecule has 4 nitrogen and oxygen atoms in total. The quantitative estimate of drug-likeness (QED) is 0.770. The molecule has 4 heteroatoms. The summed E-state index contributed by atoms with van der Waals surface area (Å²) >= 11 is 0. The Labute approximate surface area is 94.6 Å². The number of furan rings is 1. The largest absolute Gasteiger partial charge is 0.469 e. The van der Waals surface area contributed by atoms with Gasteiger partial charge in [-0.1, -0.05) is 0 Å². The lowest BCUT2D eigenvalue weighted by molar-refractivity contribution is -0.132. The molecule has 0 saturated carbocycles. The molecule has 86 valence electrons. The van der Waals surface area contributed by atoms with Crippen LogP contribution in [0.5, 0.6) is 0 Å². The molecule has 1 N–H and O–H groups in total. The number of nitrogens with zero attached hydrogens (tertiary/aromatic N) is 1. The maximum atomic E-state index is 12.3. The Balaban J connectivity index is 1.83. The van der Waals surface area contributed by atoms with E-state index >= 15 is 0 Å². The monoisotopic (exact) mass is 220 g/mol. The van der Waals surface area contributed by atoms with Crippen molar-refractivity contribution in [2.45, 2.75) is 25.3 Å². The third-order valence-electron chi connectivity index (χ3n) is 3.46. The van der Waals surface area contributed by atoms with Crippen molar-refractivity contribution in [1.29, 1.82) is 0 Å². The van der Waals surface area contributed by atoms with Crippen LogP contribution in [0.1, 0.15) is 30.2 Å². The SMILES string of the molecule is O=C(C1NCCc2occc21)N1CCCC1. The molecule has 1 amide bonds. The van der Waals surface area contributed by atoms with Crippen LogP contribution in [0.4, 0.5) is 0 Å². The van der Waals surface area contributed by atoms with Gasteiger partial charge in [-0.25, -0.2) is 0 Å². The van der Waals surface area contributed by atoms with Gasteiger partial charge in [-0.05, 0) is 18.9 Å². The van der Waals surface area contributed by atoms with E-state index in [2.05, 4.69) is 5.32 Å². The van der Waals surface area contributed by atoms with Gasteiger partial charge in [-0.3, -0.25) is 4.79 Å². The zero-order valence-corrected chi connectivity index (χ0v) is 9.24. The highest BCUT2D eigenvalue weighted by atomic mass is 16.3. The predicted octanol–water partition coefficient (Wildman–Crippen LogP) is 1.09. The van der Waals surface area contributed by atoms with Crippen LogP contribution in [0, 0.1) is 0 Å². The fourth-order valence-corrected chi connectivity index (χ4v) is 2.59. The van der Waals surface area contributed by atoms with E-state index in [9.17, 15) is 4.79 Å². The molecule has 1 aromatic rings. The second-order valence-corrected chi connectivity index (χ2v) is 4.47. The molecule has 0 radical (unpaired) electrons. The van der Waals surface area contributed by atoms with Gasteiger partial charge in [0.15, 0.2) is 0 Å². The first-order chi connectivity index (χ1) is 7.86. The van der Waals surface area contributed by atoms with E-state index in [0.29, 0.717) is 0 Å². The van der Waals surface area contributed by atoms with E-state index in [1.54, 1.807) is 6.26 Å². The molecule has 0 aromatic carbocycles. The molecule has 1 aromatic heterocycles. The van der Waals surface area contributed by atoms with E-state index < -0.39 is 0 Å². The van der Waals surface area contributed by atoms with Gasteiger partial charge in [0.05, 0.1) is 6.26 Å². The molecule has 0 bridgehead atoms. The zero-order chi connectivity index (χ0) is 11.0. The highest BCUT2D eigenvalue weighted by Gasteiger charge is 2.32. The summed E-state index contributed by atoms with van der Waals surface area (Å²) in [4.78, 5) is 14.2. The third-order valence-corrected chi connectivity index (χ3v) is 3.46. The molecular formula is C12H16N2O2. The van der Waals surface area contributed by atoms with Gasteiger partial charge < -0.3 is 14.6 Å². The van der Waals surface area contributed by atoms with Crippen LogP contribution >= 0.6 is 0 Å². The van der Waals surface area contributed by atoms with Crippen molar-refractivity contribution in [3.63, 3.8) is 0 Å². The zero-order valence-electron chi connectivity index (χ0n) is 9.24. The molecule has 1 unspecified atom stereocenters. The first-order valence-corrected chi connectivity index (χ1v) is 5.95. The van der Waals surface area contributed by atoms with E-state index in [1.807, 2.05) is 11.0 Å². The lowest BCUT2D eigenvalue weighted by Crippen LogP contribution is -2.42. The van der Waals surface area contributed by atoms with Gasteiger partial charge in [-0.2, -0.15) is 0 Å². The van der Waals surface area contributed by atoms with Crippen LogP contribution in [-0.4, -0.2) is 30.4 Å². The molecule has 0 aliphatic carbocycles. The van der Waals surface area contributed by atoms with Gasteiger partial charge in [0.2, 0.25) is 5.91 Å². The van der Waals surface area contributed by atoms with Gasteiger partial charge in [0.25, 0.3) is 0 Å². The minimum absolute atomic E-state index is 0.180. The number of hydrogen-bond acceptors (Lipinski definition) is 3. The van der Waals surface area contributed by atoms with Crippen molar-refractivity contribution in [2.24, 2.45) is 0 Å². The Hall–Kier alpha value is -1.29. The predicted molar refractivity (Wildman–Crippen MR) is 59.0 cm³/mol. The van der Waals surface area contributed by atoms with Crippen molar-refractivity contribution < 1.29 is 9.21 Å². The molecule has 16 heavy (non-hydrogen) atoms. The highest BCUT2D eigenvalue weighted by molar-refractivity contribution is 5.84. The maximum absolute atomic E-state index is 12.3. The Morgan fingerprint density at radius 1 is 1.44 bits per heavy atom. The topological polar surface area (TPSA) is 45.5 Å². The van der Waals surface area contributed by atoms with E-state index in [-0.39, 0.29) is 11.9 Å². The first kappa shape index (κ1) is 9.90. The van der Waals surface area contributed by atoms with E-state index in [1.165, 1.54) is 0 Å². The average molecular weight is 220 g/mol. The second kappa shape index (κ2) is 3.94. The number of carbonyl (C=O) groups is 1. The molecule has 1 saturated heterocycles. The molecule has 1 fully saturated rings. The Morgan fingerprint density at radius 3 is 3.06 bits per heavy atom. The summed E-state index contributed by atoms with van der Waals surface area (Å²) in [5.41, 5.74) is 1.03. The number of fused-ring (bicyclic) bond motifs is 1. The summed E-state index contributed by atoms with van der Waals surface area (Å²) in [6.07, 6.45) is 4.83. The normalized spacial score (nSPS) is 24.5. The minimum atomic E-state index is -0.180. The van der Waals surface area contributed by atoms with Crippen LogP contribution in [0.2, 0.25) is 0 Å². The number of amides is 1. The molecule has 2 aliphatic rings. The Kier molecular flexibility index (Phi) is 2.44. The van der Waals surface area contributed by atoms with Crippen LogP contribution in [0.25, 0.3) is 0 Å². The van der Waals surface area contributed by atoms with Gasteiger partial charge in [0, 0.05) is 31.6 Å². The number of rotatable bonds is 1. The number of carbonyl (C=O) groups excluding carboxylic acids is 1. The van der Waals surface area contributed by atoms with E-state index in [0.717, 1.165) is 50.2 Å². The molecule has 3 rings (SSSR count). The summed E-state index contributed by atoms with van der Waals surface area (Å²) < 4.78 is 5.39. The lowest BCUT2D eigenvalue weighted by Gasteiger charge is -2.26. The van der Waals surface area contributed by atoms with Crippen molar-refractivity contribution in [2.75, 3.05) is 19.6 Å². The summed E-state index contributed by atoms with van der Waals surface area (Å²) in [5, 5.41) is 3.29. The summed E-state index contributed by atoms with van der Waals surface area (Å²) in [6.45, 7) is 2.64. The van der Waals surface area contributed by atoms with Crippen molar-refractivity contribution >= 4 is 5.91 Å². The molecule has 2 aliphatic heterocycles. The Bertz CT molecular complexity index is 393. The standard InChI is InChI=1S/C12H16N2O2/c15-12(14-6-1-2-7-14)11-9-4-8-16-10(9)3-5-13-11/h4,8,11,13H,1-3,5-7H2. The fraction of sp³-hybridized carbons (Fsp3) is 0.583. The van der Waals surface area contributed by atoms with Crippen molar-refractivity contribution in [1.82, 2.24) is 10.2 Å². The molecular weight excluding hydrogens is 204 g/mol. The lowest BCUT2D eigenvalue weighted by atomic mass is 10.0. The number of hydrogen-bond donors (Lipinski definition) is 1. The molecule has 3 heterocycles. The van der Waals surface area contributed by atoms with Crippen LogP contribution in [0.15, 0.2) is 16.7 Å². The third kappa shape index (κ3) is 1.53.